The van der Waals surface area contributed by atoms with Crippen LogP contribution in [0.25, 0.3) is 0 Å². The number of rotatable bonds is 7. The number of aryl methyl sites for hydroxylation is 1. The average molecular weight is 555 g/mol. The fourth-order valence-electron chi connectivity index (χ4n) is 3.18. The van der Waals surface area contributed by atoms with E-state index in [1.54, 1.807) is 33.3 Å². The molecule has 0 amide bonds. The number of ether oxygens (including phenoxy) is 2. The van der Waals surface area contributed by atoms with Crippen LogP contribution >= 0.6 is 11.6 Å². The summed E-state index contributed by atoms with van der Waals surface area (Å²) in [6, 6.07) is 14.8. The second-order valence-corrected chi connectivity index (χ2v) is 8.40. The average Bonchev–Trinajstić information content (AvgIpc) is 2.93. The van der Waals surface area contributed by atoms with Crippen molar-refractivity contribution in [2.75, 3.05) is 26.6 Å². The first-order valence-electron chi connectivity index (χ1n) is 11.8. The number of nitrogens with one attached hydrogen (secondary N) is 1. The second kappa shape index (κ2) is 15.8. The van der Waals surface area contributed by atoms with Crippen LogP contribution in [0.2, 0.25) is 5.02 Å². The summed E-state index contributed by atoms with van der Waals surface area (Å²) in [6.07, 6.45) is 3.43. The Morgan fingerprint density at radius 1 is 1.00 bits per heavy atom. The molecule has 0 unspecified atom stereocenters. The number of methoxy groups -OCH3 is 2. The third-order valence-corrected chi connectivity index (χ3v) is 5.21. The highest BCUT2D eigenvalue weighted by Gasteiger charge is 2.13. The number of carbonyl (C=O) groups excluding carboxylic acids is 1. The van der Waals surface area contributed by atoms with Gasteiger partial charge in [0.2, 0.25) is 11.8 Å². The van der Waals surface area contributed by atoms with Crippen LogP contribution < -0.4 is 21.4 Å². The monoisotopic (exact) mass is 554 g/mol. The second-order valence-electron chi connectivity index (χ2n) is 7.96. The lowest BCUT2D eigenvalue weighted by Gasteiger charge is -2.15. The summed E-state index contributed by atoms with van der Waals surface area (Å²) >= 11 is 5.93. The van der Waals surface area contributed by atoms with Crippen molar-refractivity contribution in [2.24, 2.45) is 0 Å². The number of halogens is 1. The fraction of sp³-hybridized carbons (Fsp3) is 0.259. The van der Waals surface area contributed by atoms with Gasteiger partial charge in [0, 0.05) is 31.5 Å². The molecule has 11 nitrogen and oxygen atoms in total. The van der Waals surface area contributed by atoms with Crippen molar-refractivity contribution in [3.63, 3.8) is 0 Å². The topological polar surface area (TPSA) is 130 Å². The Balaban J connectivity index is 0.000000341. The quantitative estimate of drug-likeness (QED) is 0.339. The highest BCUT2D eigenvalue weighted by Crippen LogP contribution is 2.16. The van der Waals surface area contributed by atoms with E-state index < -0.39 is 11.4 Å². The van der Waals surface area contributed by atoms with Gasteiger partial charge in [-0.1, -0.05) is 35.9 Å². The van der Waals surface area contributed by atoms with E-state index in [-0.39, 0.29) is 24.7 Å². The molecule has 4 aromatic rings. The van der Waals surface area contributed by atoms with Crippen molar-refractivity contribution >= 4 is 29.5 Å². The van der Waals surface area contributed by atoms with Gasteiger partial charge in [-0.15, -0.1) is 0 Å². The lowest BCUT2D eigenvalue weighted by atomic mass is 10.2. The molecule has 206 valence electrons. The summed E-state index contributed by atoms with van der Waals surface area (Å²) in [4.78, 5) is 46.6. The van der Waals surface area contributed by atoms with E-state index >= 15 is 0 Å². The van der Waals surface area contributed by atoms with Crippen molar-refractivity contribution < 1.29 is 14.3 Å². The van der Waals surface area contributed by atoms with Gasteiger partial charge in [0.15, 0.2) is 6.29 Å². The first-order chi connectivity index (χ1) is 18.8. The summed E-state index contributed by atoms with van der Waals surface area (Å²) in [5, 5.41) is 3.71. The van der Waals surface area contributed by atoms with Gasteiger partial charge in [0.1, 0.15) is 5.69 Å². The Labute approximate surface area is 231 Å². The van der Waals surface area contributed by atoms with Gasteiger partial charge in [-0.2, -0.15) is 4.98 Å². The Hall–Kier alpha value is -4.35. The fourth-order valence-corrected chi connectivity index (χ4v) is 3.31. The van der Waals surface area contributed by atoms with Gasteiger partial charge >= 0.3 is 11.4 Å². The summed E-state index contributed by atoms with van der Waals surface area (Å²) in [6.45, 7) is 4.24. The zero-order valence-electron chi connectivity index (χ0n) is 22.4. The Bertz CT molecular complexity index is 1470. The molecular formula is C27H31ClN6O5. The smallest absolute Gasteiger partial charge is 0.354 e. The van der Waals surface area contributed by atoms with Crippen LogP contribution in [0, 0.1) is 6.92 Å². The first-order valence-corrected chi connectivity index (χ1v) is 12.1. The standard InChI is InChI=1S/C19H19ClN4O2.C6H6N2O2.C2H6O/c1-3-23-18(25)22-17(21-16-6-4-5-13(2)11-16)24(19(23)26)12-14-7-9-15(20)10-8-14;1-10-6-3-7-2-5(4-9)8-6;1-3-2/h4-11H,3,12H2,1-2H3,(H,21,22,25);2-4H,1H3;1-2H3. The molecule has 0 spiro atoms. The van der Waals surface area contributed by atoms with E-state index in [0.717, 1.165) is 21.4 Å². The molecule has 39 heavy (non-hydrogen) atoms. The van der Waals surface area contributed by atoms with Crippen molar-refractivity contribution in [2.45, 2.75) is 26.9 Å². The van der Waals surface area contributed by atoms with E-state index in [2.05, 4.69) is 25.0 Å². The number of carbonyl (C=O) groups is 1. The van der Waals surface area contributed by atoms with Crippen molar-refractivity contribution in [1.29, 1.82) is 0 Å². The molecule has 4 rings (SSSR count). The minimum atomic E-state index is -0.569. The van der Waals surface area contributed by atoms with Crippen LogP contribution in [-0.4, -0.2) is 51.7 Å². The highest BCUT2D eigenvalue weighted by molar-refractivity contribution is 6.30. The number of benzene rings is 2. The molecule has 2 aromatic carbocycles. The summed E-state index contributed by atoms with van der Waals surface area (Å²) < 4.78 is 11.5. The van der Waals surface area contributed by atoms with Gasteiger partial charge in [-0.25, -0.2) is 19.1 Å². The molecule has 2 heterocycles. The molecule has 1 N–H and O–H groups in total. The number of aldehydes is 1. The van der Waals surface area contributed by atoms with Crippen LogP contribution in [0.15, 0.2) is 70.5 Å². The molecule has 2 aromatic heterocycles. The maximum atomic E-state index is 12.8. The number of anilines is 2. The molecule has 0 aliphatic rings. The molecule has 0 radical (unpaired) electrons. The Morgan fingerprint density at radius 2 is 1.69 bits per heavy atom. The lowest BCUT2D eigenvalue weighted by molar-refractivity contribution is 0.111. The van der Waals surface area contributed by atoms with Gasteiger partial charge in [-0.3, -0.25) is 14.3 Å². The number of hydrogen-bond donors (Lipinski definition) is 1. The van der Waals surface area contributed by atoms with E-state index in [1.807, 2.05) is 43.3 Å². The highest BCUT2D eigenvalue weighted by atomic mass is 35.5. The number of nitrogens with zero attached hydrogens (tertiary/aromatic N) is 5. The Kier molecular flexibility index (Phi) is 12.5. The van der Waals surface area contributed by atoms with E-state index in [4.69, 9.17) is 16.3 Å². The predicted octanol–water partition coefficient (Wildman–Crippen LogP) is 3.74. The summed E-state index contributed by atoms with van der Waals surface area (Å²) in [5.74, 6) is 0.565. The third kappa shape index (κ3) is 9.47. The molecule has 0 saturated heterocycles. The zero-order chi connectivity index (χ0) is 28.8. The molecule has 0 bridgehead atoms. The minimum absolute atomic E-state index is 0.213. The van der Waals surface area contributed by atoms with Gasteiger partial charge in [0.05, 0.1) is 26.0 Å². The number of aromatic nitrogens is 5. The van der Waals surface area contributed by atoms with Crippen molar-refractivity contribution in [1.82, 2.24) is 24.1 Å². The van der Waals surface area contributed by atoms with Crippen molar-refractivity contribution in [3.8, 4) is 5.88 Å². The normalized spacial score (nSPS) is 9.90. The largest absolute Gasteiger partial charge is 0.480 e. The molecule has 0 saturated carbocycles. The summed E-state index contributed by atoms with van der Waals surface area (Å²) in [7, 11) is 4.72. The predicted molar refractivity (Wildman–Crippen MR) is 150 cm³/mol. The molecule has 0 atom stereocenters. The molecule has 0 fully saturated rings. The third-order valence-electron chi connectivity index (χ3n) is 4.96. The van der Waals surface area contributed by atoms with Crippen LogP contribution in [-0.2, 0) is 17.8 Å². The van der Waals surface area contributed by atoms with Crippen LogP contribution in [0.5, 0.6) is 5.88 Å². The van der Waals surface area contributed by atoms with Crippen LogP contribution in [0.4, 0.5) is 11.6 Å². The van der Waals surface area contributed by atoms with Crippen molar-refractivity contribution in [3.05, 3.63) is 104 Å². The first kappa shape index (κ1) is 30.9. The maximum Gasteiger partial charge on any atom is 0.354 e. The summed E-state index contributed by atoms with van der Waals surface area (Å²) in [5.41, 5.74) is 2.00. The van der Waals surface area contributed by atoms with Crippen LogP contribution in [0.1, 0.15) is 28.5 Å². The van der Waals surface area contributed by atoms with E-state index in [0.29, 0.717) is 17.2 Å². The SMILES string of the molecule is CCn1c(=O)nc(Nc2cccc(C)c2)n(Cc2ccc(Cl)cc2)c1=O.COC.COc1cncc(C=O)n1. The molecule has 12 heteroatoms. The van der Waals surface area contributed by atoms with Gasteiger partial charge < -0.3 is 14.8 Å². The lowest BCUT2D eigenvalue weighted by Crippen LogP contribution is -2.42. The van der Waals surface area contributed by atoms with Crippen LogP contribution in [0.3, 0.4) is 0 Å². The minimum Gasteiger partial charge on any atom is -0.480 e. The molecule has 0 aliphatic heterocycles. The maximum absolute atomic E-state index is 12.8. The Morgan fingerprint density at radius 3 is 2.28 bits per heavy atom. The molecular weight excluding hydrogens is 524 g/mol. The zero-order valence-corrected chi connectivity index (χ0v) is 23.2. The molecule has 0 aliphatic carbocycles. The van der Waals surface area contributed by atoms with E-state index in [1.165, 1.54) is 24.1 Å². The number of hydrogen-bond acceptors (Lipinski definition) is 9. The van der Waals surface area contributed by atoms with Gasteiger partial charge in [-0.05, 0) is 49.2 Å². The van der Waals surface area contributed by atoms with E-state index in [9.17, 15) is 14.4 Å². The van der Waals surface area contributed by atoms with Gasteiger partial charge in [0.25, 0.3) is 0 Å².